The molecule has 1 aliphatic carbocycles. The molecule has 0 bridgehead atoms. The summed E-state index contributed by atoms with van der Waals surface area (Å²) in [6.07, 6.45) is 2.47. The Morgan fingerprint density at radius 1 is 0.939 bits per heavy atom. The summed E-state index contributed by atoms with van der Waals surface area (Å²) < 4.78 is 10.9. The molecule has 33 heavy (non-hydrogen) atoms. The molecule has 0 atom stereocenters. The van der Waals surface area contributed by atoms with Gasteiger partial charge in [0.2, 0.25) is 12.7 Å². The summed E-state index contributed by atoms with van der Waals surface area (Å²) in [5.74, 6) is 1.45. The van der Waals surface area contributed by atoms with Gasteiger partial charge >= 0.3 is 0 Å². The van der Waals surface area contributed by atoms with Gasteiger partial charge in [-0.2, -0.15) is 0 Å². The van der Waals surface area contributed by atoms with Crippen LogP contribution in [0, 0.1) is 0 Å². The Morgan fingerprint density at radius 2 is 1.70 bits per heavy atom. The molecule has 8 heteroatoms. The summed E-state index contributed by atoms with van der Waals surface area (Å²) in [7, 11) is 0. The van der Waals surface area contributed by atoms with Crippen molar-refractivity contribution in [2.45, 2.75) is 31.8 Å². The monoisotopic (exact) mass is 450 g/mol. The van der Waals surface area contributed by atoms with E-state index in [1.807, 2.05) is 18.2 Å². The van der Waals surface area contributed by atoms with E-state index in [1.165, 1.54) is 5.56 Å². The second-order valence-corrected chi connectivity index (χ2v) is 8.90. The minimum absolute atomic E-state index is 0.0653. The van der Waals surface area contributed by atoms with Crippen LogP contribution in [0.4, 0.5) is 5.69 Å². The molecule has 174 valence electrons. The number of fused-ring (bicyclic) bond motifs is 1. The van der Waals surface area contributed by atoms with Crippen LogP contribution >= 0.6 is 0 Å². The number of piperazine rings is 1. The number of nitrogens with one attached hydrogen (secondary N) is 2. The first-order valence-electron chi connectivity index (χ1n) is 11.7. The lowest BCUT2D eigenvalue weighted by Crippen LogP contribution is -2.46. The number of hydrogen-bond acceptors (Lipinski definition) is 6. The average Bonchev–Trinajstić information content (AvgIpc) is 3.52. The predicted octanol–water partition coefficient (Wildman–Crippen LogP) is 2.45. The van der Waals surface area contributed by atoms with Crippen molar-refractivity contribution in [2.24, 2.45) is 0 Å². The molecule has 0 spiro atoms. The van der Waals surface area contributed by atoms with Crippen molar-refractivity contribution < 1.29 is 19.1 Å². The molecule has 5 rings (SSSR count). The van der Waals surface area contributed by atoms with Gasteiger partial charge in [0.15, 0.2) is 11.5 Å². The minimum atomic E-state index is -0.119. The van der Waals surface area contributed by atoms with Crippen LogP contribution in [-0.2, 0) is 11.3 Å². The van der Waals surface area contributed by atoms with E-state index in [0.29, 0.717) is 31.0 Å². The highest BCUT2D eigenvalue weighted by molar-refractivity contribution is 6.03. The van der Waals surface area contributed by atoms with Crippen molar-refractivity contribution in [1.82, 2.24) is 15.1 Å². The molecular weight excluding hydrogens is 420 g/mol. The van der Waals surface area contributed by atoms with E-state index in [2.05, 4.69) is 32.6 Å². The Kier molecular flexibility index (Phi) is 6.46. The first-order valence-corrected chi connectivity index (χ1v) is 11.7. The van der Waals surface area contributed by atoms with Gasteiger partial charge in [0.05, 0.1) is 11.3 Å². The summed E-state index contributed by atoms with van der Waals surface area (Å²) in [6.45, 7) is 5.66. The van der Waals surface area contributed by atoms with Crippen molar-refractivity contribution >= 4 is 17.5 Å². The fourth-order valence-corrected chi connectivity index (χ4v) is 4.22. The van der Waals surface area contributed by atoms with E-state index < -0.39 is 0 Å². The molecule has 2 fully saturated rings. The third kappa shape index (κ3) is 5.64. The molecule has 2 N–H and O–H groups in total. The molecule has 0 radical (unpaired) electrons. The van der Waals surface area contributed by atoms with E-state index in [9.17, 15) is 9.59 Å². The number of anilines is 1. The number of nitrogens with zero attached hydrogens (tertiary/aromatic N) is 2. The number of benzene rings is 2. The van der Waals surface area contributed by atoms with Gasteiger partial charge in [0.1, 0.15) is 0 Å². The van der Waals surface area contributed by atoms with Crippen LogP contribution in [0.25, 0.3) is 0 Å². The average molecular weight is 451 g/mol. The van der Waals surface area contributed by atoms with Crippen LogP contribution < -0.4 is 20.1 Å². The van der Waals surface area contributed by atoms with E-state index in [-0.39, 0.29) is 17.9 Å². The maximum Gasteiger partial charge on any atom is 0.253 e. The molecule has 2 aliphatic heterocycles. The van der Waals surface area contributed by atoms with Crippen LogP contribution in [0.5, 0.6) is 11.5 Å². The van der Waals surface area contributed by atoms with Crippen LogP contribution in [-0.4, -0.2) is 67.2 Å². The maximum absolute atomic E-state index is 12.6. The van der Waals surface area contributed by atoms with E-state index in [0.717, 1.165) is 57.1 Å². The topological polar surface area (TPSA) is 83.1 Å². The highest BCUT2D eigenvalue weighted by Crippen LogP contribution is 2.32. The van der Waals surface area contributed by atoms with Gasteiger partial charge in [-0.15, -0.1) is 0 Å². The Labute approximate surface area is 193 Å². The largest absolute Gasteiger partial charge is 0.454 e. The standard InChI is InChI=1S/C25H30N4O4/c30-24(27-21-4-2-1-3-20(21)25(31)26-19-6-7-19)9-10-28-11-13-29(14-12-28)16-18-5-8-22-23(15-18)33-17-32-22/h1-5,8,15,19H,6-7,9-14,16-17H2,(H,26,31)(H,27,30). The highest BCUT2D eigenvalue weighted by atomic mass is 16.7. The van der Waals surface area contributed by atoms with E-state index >= 15 is 0 Å². The fourth-order valence-electron chi connectivity index (χ4n) is 4.22. The normalized spacial score (nSPS) is 18.2. The van der Waals surface area contributed by atoms with Gasteiger partial charge in [0, 0.05) is 51.7 Å². The van der Waals surface area contributed by atoms with Crippen LogP contribution in [0.1, 0.15) is 35.2 Å². The number of amides is 2. The van der Waals surface area contributed by atoms with Crippen molar-refractivity contribution in [3.05, 3.63) is 53.6 Å². The van der Waals surface area contributed by atoms with Gasteiger partial charge < -0.3 is 25.0 Å². The third-order valence-corrected chi connectivity index (χ3v) is 6.32. The lowest BCUT2D eigenvalue weighted by atomic mass is 10.1. The zero-order valence-corrected chi connectivity index (χ0v) is 18.7. The number of rotatable bonds is 8. The molecule has 1 saturated heterocycles. The second kappa shape index (κ2) is 9.80. The summed E-state index contributed by atoms with van der Waals surface area (Å²) in [5, 5.41) is 5.91. The molecule has 0 unspecified atom stereocenters. The summed E-state index contributed by atoms with van der Waals surface area (Å²) in [5.41, 5.74) is 2.32. The van der Waals surface area contributed by atoms with E-state index in [1.54, 1.807) is 12.1 Å². The molecule has 2 aromatic rings. The lowest BCUT2D eigenvalue weighted by molar-refractivity contribution is -0.116. The van der Waals surface area contributed by atoms with Gasteiger partial charge in [-0.1, -0.05) is 18.2 Å². The van der Waals surface area contributed by atoms with Gasteiger partial charge in [-0.25, -0.2) is 0 Å². The van der Waals surface area contributed by atoms with Crippen molar-refractivity contribution in [3.8, 4) is 11.5 Å². The zero-order chi connectivity index (χ0) is 22.6. The lowest BCUT2D eigenvalue weighted by Gasteiger charge is -2.34. The number of carbonyl (C=O) groups excluding carboxylic acids is 2. The highest BCUT2D eigenvalue weighted by Gasteiger charge is 2.25. The Morgan fingerprint density at radius 3 is 2.52 bits per heavy atom. The molecular formula is C25H30N4O4. The third-order valence-electron chi connectivity index (χ3n) is 6.32. The molecule has 2 aromatic carbocycles. The number of carbonyl (C=O) groups is 2. The first kappa shape index (κ1) is 21.7. The molecule has 8 nitrogen and oxygen atoms in total. The maximum atomic E-state index is 12.6. The Bertz CT molecular complexity index is 1020. The van der Waals surface area contributed by atoms with Crippen LogP contribution in [0.3, 0.4) is 0 Å². The number of hydrogen-bond donors (Lipinski definition) is 2. The molecule has 3 aliphatic rings. The SMILES string of the molecule is O=C(CCN1CCN(Cc2ccc3c(c2)OCO3)CC1)Nc1ccccc1C(=O)NC1CC1. The summed E-state index contributed by atoms with van der Waals surface area (Å²) >= 11 is 0. The second-order valence-electron chi connectivity index (χ2n) is 8.90. The van der Waals surface area contributed by atoms with Crippen molar-refractivity contribution in [1.29, 1.82) is 0 Å². The summed E-state index contributed by atoms with van der Waals surface area (Å²) in [4.78, 5) is 29.7. The van der Waals surface area contributed by atoms with Gasteiger partial charge in [-0.3, -0.25) is 14.5 Å². The molecule has 0 aromatic heterocycles. The molecule has 2 heterocycles. The van der Waals surface area contributed by atoms with E-state index in [4.69, 9.17) is 9.47 Å². The molecule has 1 saturated carbocycles. The summed E-state index contributed by atoms with van der Waals surface area (Å²) in [6, 6.07) is 13.6. The first-order chi connectivity index (χ1) is 16.1. The fraction of sp³-hybridized carbons (Fsp3) is 0.440. The van der Waals surface area contributed by atoms with Gasteiger partial charge in [0.25, 0.3) is 5.91 Å². The Balaban J connectivity index is 1.06. The van der Waals surface area contributed by atoms with Crippen molar-refractivity contribution in [3.63, 3.8) is 0 Å². The smallest absolute Gasteiger partial charge is 0.253 e. The molecule has 2 amide bonds. The zero-order valence-electron chi connectivity index (χ0n) is 18.7. The van der Waals surface area contributed by atoms with Crippen LogP contribution in [0.15, 0.2) is 42.5 Å². The predicted molar refractivity (Wildman–Crippen MR) is 124 cm³/mol. The van der Waals surface area contributed by atoms with Crippen molar-refractivity contribution in [2.75, 3.05) is 44.8 Å². The minimum Gasteiger partial charge on any atom is -0.454 e. The Hall–Kier alpha value is -3.10. The number of ether oxygens (including phenoxy) is 2. The van der Waals surface area contributed by atoms with Crippen LogP contribution in [0.2, 0.25) is 0 Å². The quantitative estimate of drug-likeness (QED) is 0.643. The number of para-hydroxylation sites is 1. The van der Waals surface area contributed by atoms with Gasteiger partial charge in [-0.05, 0) is 42.7 Å².